The summed E-state index contributed by atoms with van der Waals surface area (Å²) in [7, 11) is 3.12. The second-order valence-corrected chi connectivity index (χ2v) is 6.00. The molecule has 6 nitrogen and oxygen atoms in total. The molecule has 1 saturated heterocycles. The fourth-order valence-electron chi connectivity index (χ4n) is 2.39. The first-order valence-electron chi connectivity index (χ1n) is 7.37. The van der Waals surface area contributed by atoms with E-state index in [1.807, 2.05) is 24.3 Å². The fourth-order valence-corrected chi connectivity index (χ4v) is 3.39. The molecule has 23 heavy (non-hydrogen) atoms. The molecule has 1 amide bonds. The molecule has 3 rings (SSSR count). The van der Waals surface area contributed by atoms with E-state index in [9.17, 15) is 4.79 Å². The van der Waals surface area contributed by atoms with E-state index in [-0.39, 0.29) is 5.91 Å². The number of benzene rings is 1. The molecule has 2 aromatic rings. The highest BCUT2D eigenvalue weighted by atomic mass is 32.1. The average molecular weight is 334 g/mol. The number of para-hydroxylation sites is 1. The Kier molecular flexibility index (Phi) is 4.78. The minimum absolute atomic E-state index is 0.208. The zero-order chi connectivity index (χ0) is 16.2. The van der Waals surface area contributed by atoms with E-state index in [2.05, 4.69) is 4.98 Å². The van der Waals surface area contributed by atoms with Gasteiger partial charge in [0.2, 0.25) is 5.88 Å². The van der Waals surface area contributed by atoms with E-state index < -0.39 is 0 Å². The summed E-state index contributed by atoms with van der Waals surface area (Å²) in [5.41, 5.74) is 0.830. The van der Waals surface area contributed by atoms with Gasteiger partial charge in [-0.25, -0.2) is 10.0 Å². The molecule has 0 spiro atoms. The predicted molar refractivity (Wildman–Crippen MR) is 86.9 cm³/mol. The Hall–Kier alpha value is -2.12. The van der Waals surface area contributed by atoms with E-state index >= 15 is 0 Å². The Balaban J connectivity index is 1.96. The van der Waals surface area contributed by atoms with Crippen molar-refractivity contribution >= 4 is 17.2 Å². The van der Waals surface area contributed by atoms with E-state index in [0.29, 0.717) is 34.7 Å². The minimum Gasteiger partial charge on any atom is -0.496 e. The first-order chi connectivity index (χ1) is 11.2. The van der Waals surface area contributed by atoms with Crippen molar-refractivity contribution < 1.29 is 19.1 Å². The van der Waals surface area contributed by atoms with Crippen LogP contribution in [0.25, 0.3) is 10.6 Å². The number of hydroxylamine groups is 2. The van der Waals surface area contributed by atoms with Gasteiger partial charge in [-0.3, -0.25) is 9.63 Å². The fraction of sp³-hybridized carbons (Fsp3) is 0.375. The van der Waals surface area contributed by atoms with Crippen LogP contribution in [-0.2, 0) is 4.84 Å². The third kappa shape index (κ3) is 3.16. The highest BCUT2D eigenvalue weighted by Crippen LogP contribution is 2.37. The summed E-state index contributed by atoms with van der Waals surface area (Å²) in [5, 5.41) is 2.07. The van der Waals surface area contributed by atoms with Gasteiger partial charge in [0.25, 0.3) is 5.91 Å². The summed E-state index contributed by atoms with van der Waals surface area (Å²) >= 11 is 1.28. The third-order valence-corrected chi connectivity index (χ3v) is 4.61. The van der Waals surface area contributed by atoms with E-state index in [4.69, 9.17) is 14.3 Å². The number of ether oxygens (including phenoxy) is 2. The largest absolute Gasteiger partial charge is 0.496 e. The van der Waals surface area contributed by atoms with Crippen LogP contribution in [0.1, 0.15) is 22.5 Å². The molecular weight excluding hydrogens is 316 g/mol. The molecule has 0 saturated carbocycles. The maximum Gasteiger partial charge on any atom is 0.293 e. The minimum atomic E-state index is -0.208. The third-order valence-electron chi connectivity index (χ3n) is 3.55. The van der Waals surface area contributed by atoms with Crippen molar-refractivity contribution in [2.45, 2.75) is 12.8 Å². The lowest BCUT2D eigenvalue weighted by Gasteiger charge is -2.25. The highest BCUT2D eigenvalue weighted by Gasteiger charge is 2.27. The molecule has 0 radical (unpaired) electrons. The Morgan fingerprint density at radius 2 is 2.09 bits per heavy atom. The van der Waals surface area contributed by atoms with Crippen molar-refractivity contribution in [1.29, 1.82) is 0 Å². The van der Waals surface area contributed by atoms with Crippen LogP contribution in [0.3, 0.4) is 0 Å². The summed E-state index contributed by atoms with van der Waals surface area (Å²) in [5.74, 6) is 0.812. The lowest BCUT2D eigenvalue weighted by molar-refractivity contribution is -0.144. The van der Waals surface area contributed by atoms with Gasteiger partial charge < -0.3 is 9.47 Å². The molecule has 0 aliphatic carbocycles. The van der Waals surface area contributed by atoms with Crippen LogP contribution < -0.4 is 9.47 Å². The van der Waals surface area contributed by atoms with Gasteiger partial charge in [-0.05, 0) is 25.0 Å². The van der Waals surface area contributed by atoms with Gasteiger partial charge in [-0.2, -0.15) is 0 Å². The standard InChI is InChI=1S/C16H18N2O4S/c1-20-12-8-4-3-7-11(12)15-17-14(21-2)13(23-15)16(19)18-9-5-6-10-22-18/h3-4,7-8H,5-6,9-10H2,1-2H3. The number of aromatic nitrogens is 1. The van der Waals surface area contributed by atoms with E-state index in [1.165, 1.54) is 23.5 Å². The van der Waals surface area contributed by atoms with Crippen LogP contribution in [0.4, 0.5) is 0 Å². The van der Waals surface area contributed by atoms with Crippen LogP contribution in [0.15, 0.2) is 24.3 Å². The molecule has 0 atom stereocenters. The molecule has 1 aromatic heterocycles. The molecule has 2 heterocycles. The number of rotatable bonds is 4. The Morgan fingerprint density at radius 1 is 1.26 bits per heavy atom. The molecule has 1 aliphatic heterocycles. The second-order valence-electron chi connectivity index (χ2n) is 5.01. The van der Waals surface area contributed by atoms with Gasteiger partial charge in [-0.1, -0.05) is 12.1 Å². The van der Waals surface area contributed by atoms with Gasteiger partial charge in [0.05, 0.1) is 26.4 Å². The highest BCUT2D eigenvalue weighted by molar-refractivity contribution is 7.17. The molecule has 0 unspecified atom stereocenters. The lowest BCUT2D eigenvalue weighted by Crippen LogP contribution is -2.35. The van der Waals surface area contributed by atoms with E-state index in [0.717, 1.165) is 18.4 Å². The number of carbonyl (C=O) groups excluding carboxylic acids is 1. The summed E-state index contributed by atoms with van der Waals surface area (Å²) in [4.78, 5) is 23.0. The van der Waals surface area contributed by atoms with Crippen molar-refractivity contribution in [3.63, 3.8) is 0 Å². The molecule has 7 heteroatoms. The molecular formula is C16H18N2O4S. The Morgan fingerprint density at radius 3 is 2.78 bits per heavy atom. The number of hydrogen-bond acceptors (Lipinski definition) is 6. The zero-order valence-corrected chi connectivity index (χ0v) is 13.9. The van der Waals surface area contributed by atoms with Gasteiger partial charge in [-0.15, -0.1) is 11.3 Å². The number of carbonyl (C=O) groups is 1. The van der Waals surface area contributed by atoms with Gasteiger partial charge >= 0.3 is 0 Å². The van der Waals surface area contributed by atoms with Crippen molar-refractivity contribution in [2.75, 3.05) is 27.4 Å². The zero-order valence-electron chi connectivity index (χ0n) is 13.1. The first kappa shape index (κ1) is 15.8. The van der Waals surface area contributed by atoms with Crippen molar-refractivity contribution in [3.8, 4) is 22.2 Å². The number of thiazole rings is 1. The van der Waals surface area contributed by atoms with Crippen molar-refractivity contribution in [1.82, 2.24) is 10.0 Å². The summed E-state index contributed by atoms with van der Waals surface area (Å²) in [6.07, 6.45) is 1.91. The maximum atomic E-state index is 12.6. The summed E-state index contributed by atoms with van der Waals surface area (Å²) < 4.78 is 10.7. The van der Waals surface area contributed by atoms with Crippen molar-refractivity contribution in [3.05, 3.63) is 29.1 Å². The van der Waals surface area contributed by atoms with Gasteiger partial charge in [0.15, 0.2) is 4.88 Å². The molecule has 1 fully saturated rings. The number of nitrogens with zero attached hydrogens (tertiary/aromatic N) is 2. The normalized spacial score (nSPS) is 14.6. The van der Waals surface area contributed by atoms with Crippen LogP contribution in [0.5, 0.6) is 11.6 Å². The monoisotopic (exact) mass is 334 g/mol. The van der Waals surface area contributed by atoms with Gasteiger partial charge in [0, 0.05) is 6.54 Å². The molecule has 122 valence electrons. The molecule has 1 aliphatic rings. The maximum absolute atomic E-state index is 12.6. The lowest BCUT2D eigenvalue weighted by atomic mass is 10.2. The second kappa shape index (κ2) is 6.97. The van der Waals surface area contributed by atoms with Crippen LogP contribution in [0.2, 0.25) is 0 Å². The topological polar surface area (TPSA) is 60.9 Å². The van der Waals surface area contributed by atoms with E-state index in [1.54, 1.807) is 7.11 Å². The summed E-state index contributed by atoms with van der Waals surface area (Å²) in [6, 6.07) is 7.56. The predicted octanol–water partition coefficient (Wildman–Crippen LogP) is 2.99. The van der Waals surface area contributed by atoms with Crippen LogP contribution in [0, 0.1) is 0 Å². The quantitative estimate of drug-likeness (QED) is 0.860. The Bertz CT molecular complexity index is 695. The SMILES string of the molecule is COc1ccccc1-c1nc(OC)c(C(=O)N2CCCCO2)s1. The van der Waals surface area contributed by atoms with Crippen LogP contribution >= 0.6 is 11.3 Å². The molecule has 0 N–H and O–H groups in total. The van der Waals surface area contributed by atoms with Gasteiger partial charge in [0.1, 0.15) is 10.8 Å². The molecule has 1 aromatic carbocycles. The molecule has 0 bridgehead atoms. The number of methoxy groups -OCH3 is 2. The smallest absolute Gasteiger partial charge is 0.293 e. The van der Waals surface area contributed by atoms with Crippen LogP contribution in [-0.4, -0.2) is 43.3 Å². The van der Waals surface area contributed by atoms with Crippen molar-refractivity contribution in [2.24, 2.45) is 0 Å². The first-order valence-corrected chi connectivity index (χ1v) is 8.19. The average Bonchev–Trinajstić information content (AvgIpc) is 3.06. The Labute approximate surface area is 138 Å². The summed E-state index contributed by atoms with van der Waals surface area (Å²) in [6.45, 7) is 1.15. The number of hydrogen-bond donors (Lipinski definition) is 0. The number of amides is 1.